The number of rotatable bonds is 8. The van der Waals surface area contributed by atoms with Crippen molar-refractivity contribution in [3.8, 4) is 17.0 Å². The van der Waals surface area contributed by atoms with Gasteiger partial charge < -0.3 is 9.64 Å². The predicted molar refractivity (Wildman–Crippen MR) is 152 cm³/mol. The smallest absolute Gasteiger partial charge is 0.227 e. The maximum absolute atomic E-state index is 14.0. The quantitative estimate of drug-likeness (QED) is 0.310. The van der Waals surface area contributed by atoms with E-state index in [-0.39, 0.29) is 16.7 Å². The summed E-state index contributed by atoms with van der Waals surface area (Å²) in [6.07, 6.45) is 14.3. The van der Waals surface area contributed by atoms with Crippen molar-refractivity contribution in [3.63, 3.8) is 0 Å². The first-order valence-electron chi connectivity index (χ1n) is 14.2. The van der Waals surface area contributed by atoms with Gasteiger partial charge in [-0.1, -0.05) is 25.0 Å². The van der Waals surface area contributed by atoms with Gasteiger partial charge in [0.25, 0.3) is 0 Å². The number of amides is 1. The second-order valence-electron chi connectivity index (χ2n) is 11.9. The Hall–Kier alpha value is -2.80. The number of nitrogens with zero attached hydrogens (tertiary/aromatic N) is 4. The number of aryl methyl sites for hydroxylation is 1. The van der Waals surface area contributed by atoms with Crippen LogP contribution in [0.5, 0.6) is 5.88 Å². The number of carbonyl (C=O) groups is 1. The Morgan fingerprint density at radius 2 is 1.76 bits per heavy atom. The molecular formula is C31H38N4O2S. The van der Waals surface area contributed by atoms with Crippen LogP contribution in [0.4, 0.5) is 5.69 Å². The fourth-order valence-corrected chi connectivity index (χ4v) is 8.08. The first-order valence-corrected chi connectivity index (χ1v) is 15.0. The van der Waals surface area contributed by atoms with Crippen LogP contribution in [0.2, 0.25) is 0 Å². The minimum Gasteiger partial charge on any atom is -0.481 e. The molecule has 2 bridgehead atoms. The van der Waals surface area contributed by atoms with Gasteiger partial charge in [0.2, 0.25) is 11.8 Å². The van der Waals surface area contributed by atoms with Crippen molar-refractivity contribution in [2.75, 3.05) is 18.6 Å². The van der Waals surface area contributed by atoms with Crippen molar-refractivity contribution in [2.45, 2.75) is 83.0 Å². The first kappa shape index (κ1) is 25.5. The molecule has 0 saturated heterocycles. The van der Waals surface area contributed by atoms with E-state index in [4.69, 9.17) is 4.74 Å². The highest BCUT2D eigenvalue weighted by atomic mass is 32.1. The monoisotopic (exact) mass is 530 g/mol. The average Bonchev–Trinajstić information content (AvgIpc) is 3.65. The second-order valence-corrected chi connectivity index (χ2v) is 13.1. The molecule has 4 saturated carbocycles. The second kappa shape index (κ2) is 10.4. The van der Waals surface area contributed by atoms with E-state index in [1.165, 1.54) is 30.7 Å². The molecule has 0 N–H and O–H groups in total. The molecule has 4 aliphatic carbocycles. The van der Waals surface area contributed by atoms with E-state index in [0.717, 1.165) is 66.9 Å². The lowest BCUT2D eigenvalue weighted by atomic mass is 9.53. The Balaban J connectivity index is 1.27. The van der Waals surface area contributed by atoms with Crippen LogP contribution in [-0.4, -0.2) is 34.7 Å². The Morgan fingerprint density at radius 1 is 1.03 bits per heavy atom. The average molecular weight is 531 g/mol. The van der Waals surface area contributed by atoms with Gasteiger partial charge >= 0.3 is 0 Å². The van der Waals surface area contributed by atoms with Gasteiger partial charge in [0, 0.05) is 36.3 Å². The number of pyridine rings is 1. The normalized spacial score (nSPS) is 25.0. The van der Waals surface area contributed by atoms with E-state index in [0.29, 0.717) is 18.2 Å². The summed E-state index contributed by atoms with van der Waals surface area (Å²) < 4.78 is 5.36. The van der Waals surface area contributed by atoms with Crippen molar-refractivity contribution in [3.05, 3.63) is 52.6 Å². The number of benzene rings is 1. The number of carbonyl (C=O) groups excluding carboxylic acids is 1. The lowest BCUT2D eigenvalue weighted by Crippen LogP contribution is -2.50. The van der Waals surface area contributed by atoms with Gasteiger partial charge in [-0.25, -0.2) is 4.98 Å². The molecule has 200 valence electrons. The molecule has 7 heteroatoms. The van der Waals surface area contributed by atoms with Crippen molar-refractivity contribution in [1.82, 2.24) is 15.2 Å². The zero-order valence-electron chi connectivity index (χ0n) is 22.6. The van der Waals surface area contributed by atoms with Crippen LogP contribution in [0.1, 0.15) is 80.6 Å². The van der Waals surface area contributed by atoms with E-state index >= 15 is 0 Å². The summed E-state index contributed by atoms with van der Waals surface area (Å²) in [6.45, 7) is 2.87. The molecule has 6 nitrogen and oxygen atoms in total. The molecule has 2 aromatic heterocycles. The minimum atomic E-state index is 0.183. The van der Waals surface area contributed by atoms with E-state index in [2.05, 4.69) is 51.3 Å². The molecule has 2 heterocycles. The van der Waals surface area contributed by atoms with Crippen LogP contribution in [0.15, 0.2) is 42.6 Å². The molecule has 3 aromatic rings. The molecule has 1 amide bonds. The van der Waals surface area contributed by atoms with Crippen molar-refractivity contribution < 1.29 is 9.53 Å². The summed E-state index contributed by atoms with van der Waals surface area (Å²) in [5, 5.41) is 11.2. The number of anilines is 1. The van der Waals surface area contributed by atoms with Crippen LogP contribution in [0, 0.1) is 18.3 Å². The summed E-state index contributed by atoms with van der Waals surface area (Å²) in [5.74, 6) is 1.42. The van der Waals surface area contributed by atoms with Crippen molar-refractivity contribution in [1.29, 1.82) is 0 Å². The maximum Gasteiger partial charge on any atom is 0.227 e. The van der Waals surface area contributed by atoms with Crippen LogP contribution < -0.4 is 9.64 Å². The third-order valence-corrected chi connectivity index (χ3v) is 10.6. The topological polar surface area (TPSA) is 68.2 Å². The van der Waals surface area contributed by atoms with Crippen molar-refractivity contribution in [2.24, 2.45) is 11.3 Å². The summed E-state index contributed by atoms with van der Waals surface area (Å²) in [4.78, 5) is 20.4. The lowest BCUT2D eigenvalue weighted by Gasteiger charge is -2.53. The number of hydrogen-bond acceptors (Lipinski definition) is 6. The molecule has 1 aromatic carbocycles. The van der Waals surface area contributed by atoms with Crippen LogP contribution in [0.3, 0.4) is 0 Å². The van der Waals surface area contributed by atoms with Crippen LogP contribution in [-0.2, 0) is 10.2 Å². The Kier molecular flexibility index (Phi) is 6.97. The third kappa shape index (κ3) is 4.97. The number of methoxy groups -OCH3 is 1. The van der Waals surface area contributed by atoms with E-state index in [1.54, 1.807) is 24.6 Å². The molecule has 4 fully saturated rings. The maximum atomic E-state index is 14.0. The van der Waals surface area contributed by atoms with Gasteiger partial charge in [0.05, 0.1) is 7.11 Å². The molecule has 0 unspecified atom stereocenters. The van der Waals surface area contributed by atoms with Gasteiger partial charge in [-0.15, -0.1) is 21.5 Å². The predicted octanol–water partition coefficient (Wildman–Crippen LogP) is 7.12. The summed E-state index contributed by atoms with van der Waals surface area (Å²) >= 11 is 1.78. The first-order chi connectivity index (χ1) is 18.5. The zero-order chi connectivity index (χ0) is 26.2. The molecule has 0 aliphatic heterocycles. The largest absolute Gasteiger partial charge is 0.481 e. The molecular weight excluding hydrogens is 492 g/mol. The zero-order valence-corrected chi connectivity index (χ0v) is 23.4. The molecule has 0 atom stereocenters. The van der Waals surface area contributed by atoms with Crippen LogP contribution in [0.25, 0.3) is 11.1 Å². The fraction of sp³-hybridized carbons (Fsp3) is 0.548. The molecule has 38 heavy (non-hydrogen) atoms. The Bertz CT molecular complexity index is 1270. The van der Waals surface area contributed by atoms with Crippen LogP contribution >= 0.6 is 11.3 Å². The van der Waals surface area contributed by atoms with Gasteiger partial charge in [0.15, 0.2) is 0 Å². The number of hydrogen-bond donors (Lipinski definition) is 0. The number of aromatic nitrogens is 3. The highest BCUT2D eigenvalue weighted by molar-refractivity contribution is 7.11. The fourth-order valence-electron chi connectivity index (χ4n) is 7.12. The van der Waals surface area contributed by atoms with E-state index in [9.17, 15) is 4.79 Å². The third-order valence-electron chi connectivity index (χ3n) is 9.55. The van der Waals surface area contributed by atoms with Gasteiger partial charge in [0.1, 0.15) is 10.0 Å². The molecule has 4 aliphatic rings. The molecule has 0 spiro atoms. The van der Waals surface area contributed by atoms with Crippen molar-refractivity contribution >= 4 is 22.9 Å². The highest BCUT2D eigenvalue weighted by Gasteiger charge is 2.51. The lowest BCUT2D eigenvalue weighted by molar-refractivity contribution is -0.120. The summed E-state index contributed by atoms with van der Waals surface area (Å²) in [6, 6.07) is 12.4. The Morgan fingerprint density at radius 3 is 2.45 bits per heavy atom. The summed E-state index contributed by atoms with van der Waals surface area (Å²) in [5.41, 5.74) is 3.53. The number of ether oxygens (including phenoxy) is 1. The van der Waals surface area contributed by atoms with E-state index in [1.807, 2.05) is 12.1 Å². The number of fused-ring (bicyclic) bond motifs is 3. The molecule has 0 radical (unpaired) electrons. The summed E-state index contributed by atoms with van der Waals surface area (Å²) in [7, 11) is 1.64. The standard InChI is InChI=1S/C31H38N4O2S/c1-22-33-34-29(38-22)31-14-11-30(12-15-31,13-16-31)21-35(28(36)18-23-6-3-4-7-23)26-9-5-8-24(19-26)25-10-17-32-27(20-25)37-2/h5,8-10,17,19-20,23H,3-4,6-7,11-16,18,21H2,1-2H3. The Labute approximate surface area is 229 Å². The highest BCUT2D eigenvalue weighted by Crippen LogP contribution is 2.58. The SMILES string of the molecule is COc1cc(-c2cccc(N(CC34CCC(c5nnc(C)s5)(CC3)CC4)C(=O)CC3CCCC3)c2)ccn1. The van der Waals surface area contributed by atoms with Gasteiger partial charge in [-0.2, -0.15) is 0 Å². The molecule has 7 rings (SSSR count). The van der Waals surface area contributed by atoms with Gasteiger partial charge in [-0.05, 0) is 98.9 Å². The minimum absolute atomic E-state index is 0.183. The van der Waals surface area contributed by atoms with E-state index < -0.39 is 0 Å². The van der Waals surface area contributed by atoms with Gasteiger partial charge in [-0.3, -0.25) is 4.79 Å².